The Hall–Kier alpha value is 0. The molecule has 0 radical (unpaired) electrons. The van der Waals surface area contributed by atoms with E-state index in [-0.39, 0.29) is 11.8 Å². The van der Waals surface area contributed by atoms with Gasteiger partial charge in [-0.15, -0.1) is 0 Å². The molecule has 22 fully saturated rings. The molecule has 634 valence electrons. The van der Waals surface area contributed by atoms with Gasteiger partial charge in [0.1, 0.15) is 0 Å². The van der Waals surface area contributed by atoms with E-state index in [4.69, 9.17) is 4.11 Å². The quantitative estimate of drug-likeness (QED) is 0.264. The predicted octanol–water partition coefficient (Wildman–Crippen LogP) is 36.2. The van der Waals surface area contributed by atoms with Crippen LogP contribution in [0.3, 0.4) is 0 Å². The molecular weight excluding hydrogens is 1300 g/mol. The Kier molecular flexibility index (Phi) is 35.4. The van der Waals surface area contributed by atoms with Crippen molar-refractivity contribution in [1.29, 1.82) is 0 Å². The minimum absolute atomic E-state index is 0.132. The van der Waals surface area contributed by atoms with Crippen LogP contribution in [0.2, 0.25) is 0 Å². The maximum absolute atomic E-state index is 7.05. The summed E-state index contributed by atoms with van der Waals surface area (Å²) in [4.78, 5) is 0. The van der Waals surface area contributed by atoms with E-state index >= 15 is 0 Å². The van der Waals surface area contributed by atoms with Crippen molar-refractivity contribution in [1.82, 2.24) is 0 Å². The van der Waals surface area contributed by atoms with Crippen molar-refractivity contribution in [3.05, 3.63) is 0 Å². The standard InChI is InChI=1S/C14H26.C13H24.C12H20.C12H22.C11H18.2C11H20.C10H18.2C5H12.C4H10/c1-12-4-6-14(7-5-12)10-8-13(2,3)9-11-14;1-11-7-9-13(10-8-11)12-5-3-2-4-6-12;1-2-12-6-9-3-10(7-12)5-11(4-9)8-12;1-11-5-9-12(10-6-11)7-3-2-4-8-12;1-11-5-8-2-9(6-11)4-10(3-8)7-11;1-8-9-4-6-10(7-5-9)11(8,2)3;1-10-4-8-11(9-5-10)6-2-3-7-11;1-7-8(2)10-5-3-9(7)4-6-10;1-5(2,3)4;1-4-5(2)3;1-4(2)3/h12H,4-11H2,1-3H3;11-13H,2-10H2,1H3;9-11H,2-8H2,1H3;11H,2-10H2,1H3;8-10H,2-7H2,1H3;8-10H,4-7H2,1-3H3;10H,2-9H2,1H3;7-10H,3-6H2,1-2H3;1-4H3;5H,4H2,1-3H3;4H,1-3H3/t;;;;;8-,9?,10?;;7-,8?,9?,10?;;;/m.....1.0.../s1/i;;;;;;;;;4D2;4D. The molecule has 0 heterocycles. The van der Waals surface area contributed by atoms with Crippen LogP contribution in [0.4, 0.5) is 0 Å². The molecule has 0 N–H and O–H groups in total. The summed E-state index contributed by atoms with van der Waals surface area (Å²) >= 11 is 0. The van der Waals surface area contributed by atoms with Crippen molar-refractivity contribution in [2.45, 2.75) is 519 Å². The summed E-state index contributed by atoms with van der Waals surface area (Å²) in [6, 6.07) is 0. The van der Waals surface area contributed by atoms with Crippen LogP contribution >= 0.6 is 0 Å². The van der Waals surface area contributed by atoms with E-state index in [2.05, 4.69) is 118 Å². The highest BCUT2D eigenvalue weighted by Gasteiger charge is 2.51. The molecule has 1 unspecified atom stereocenters. The number of hydrogen-bond donors (Lipinski definition) is 0. The molecular formula is C108H202. The van der Waals surface area contributed by atoms with Crippen LogP contribution in [0.15, 0.2) is 0 Å². The molecule has 0 aromatic heterocycles. The van der Waals surface area contributed by atoms with Crippen molar-refractivity contribution >= 4 is 0 Å². The van der Waals surface area contributed by atoms with Crippen LogP contribution in [0.25, 0.3) is 0 Å². The van der Waals surface area contributed by atoms with Crippen LogP contribution in [0, 0.1) is 168 Å². The first-order chi connectivity index (χ1) is 51.9. The van der Waals surface area contributed by atoms with Gasteiger partial charge in [0.15, 0.2) is 0 Å². The topological polar surface area (TPSA) is 0 Å². The lowest BCUT2D eigenvalue weighted by Crippen LogP contribution is -2.45. The van der Waals surface area contributed by atoms with Gasteiger partial charge in [-0.3, -0.25) is 0 Å². The molecule has 3 atom stereocenters. The smallest absolute Gasteiger partial charge is 0.0294 e. The minimum atomic E-state index is -1.00. The van der Waals surface area contributed by atoms with Gasteiger partial charge < -0.3 is 0 Å². The summed E-state index contributed by atoms with van der Waals surface area (Å²) in [6.07, 6.45) is 83.7. The largest absolute Gasteiger partial charge is 0.0651 e. The monoisotopic (exact) mass is 1500 g/mol. The van der Waals surface area contributed by atoms with Crippen LogP contribution < -0.4 is 0 Å². The average molecular weight is 1500 g/mol. The number of rotatable bonds is 3. The summed E-state index contributed by atoms with van der Waals surface area (Å²) in [6.45, 7) is 51.6. The highest BCUT2D eigenvalue weighted by Crippen LogP contribution is 2.63. The van der Waals surface area contributed by atoms with Crippen molar-refractivity contribution in [2.24, 2.45) is 168 Å². The Balaban J connectivity index is 0.000000155. The zero-order valence-corrected chi connectivity index (χ0v) is 78.4. The Morgan fingerprint density at radius 2 is 0.611 bits per heavy atom. The Morgan fingerprint density at radius 3 is 0.898 bits per heavy atom. The number of hydrogen-bond acceptors (Lipinski definition) is 0. The summed E-state index contributed by atoms with van der Waals surface area (Å²) in [7, 11) is 0. The zero-order valence-electron chi connectivity index (χ0n) is 81.4. The second-order valence-electron chi connectivity index (χ2n) is 49.5. The molecule has 0 nitrogen and oxygen atoms in total. The Bertz CT molecular complexity index is 2370. The lowest BCUT2D eigenvalue weighted by atomic mass is 9.49. The lowest BCUT2D eigenvalue weighted by molar-refractivity contribution is -0.0545. The van der Waals surface area contributed by atoms with E-state index in [1.807, 2.05) is 34.6 Å². The molecule has 22 aliphatic rings. The molecule has 22 rings (SSSR count). The SMILES string of the molecule is CC(C)(C)C.CC12CC3CC(CC(C3)C1)C2.CC1C2CCC(CC2)[C@H]1C.CC1CCC(C2CCCCC2)CC1.CC1CCC2(CC1)CCC(C)(C)CC2.CC1CCC2(CCCC2)CC1.CC1CCC2(CCCCC2)CC1.CCC12CC3CC(CC(C3)C1)C2.C[C@@H]1C2CCC(CC2)C1(C)C.[2H]C(C)(C)C.[2H]C([2H])(C)C(C)C. The van der Waals surface area contributed by atoms with Crippen molar-refractivity contribution < 1.29 is 4.11 Å². The first-order valence-corrected chi connectivity index (χ1v) is 50.4. The van der Waals surface area contributed by atoms with Crippen LogP contribution in [-0.2, 0) is 0 Å². The van der Waals surface area contributed by atoms with E-state index < -0.39 is 6.37 Å². The number of fused-ring (bicyclic) bond motifs is 6. The van der Waals surface area contributed by atoms with E-state index in [0.717, 1.165) is 140 Å². The first-order valence-electron chi connectivity index (χ1n) is 51.9. The first kappa shape index (κ1) is 88.8. The fourth-order valence-electron chi connectivity index (χ4n) is 28.5. The minimum Gasteiger partial charge on any atom is -0.0651 e. The molecule has 22 saturated carbocycles. The molecule has 0 aromatic carbocycles. The van der Waals surface area contributed by atoms with Gasteiger partial charge in [-0.2, -0.15) is 0 Å². The maximum Gasteiger partial charge on any atom is 0.0294 e. The highest BCUT2D eigenvalue weighted by atomic mass is 14.6. The molecule has 22 aliphatic carbocycles. The zero-order chi connectivity index (χ0) is 81.4. The van der Waals surface area contributed by atoms with Gasteiger partial charge >= 0.3 is 0 Å². The molecule has 108 heavy (non-hydrogen) atoms. The molecule has 0 amide bonds. The van der Waals surface area contributed by atoms with Crippen LogP contribution in [0.5, 0.6) is 0 Å². The Morgan fingerprint density at radius 1 is 0.333 bits per heavy atom. The third-order valence-corrected chi connectivity index (χ3v) is 36.3. The fraction of sp³-hybridized carbons (Fsp3) is 1.00. The second-order valence-corrected chi connectivity index (χ2v) is 49.5. The van der Waals surface area contributed by atoms with Crippen LogP contribution in [0.1, 0.15) is 523 Å². The van der Waals surface area contributed by atoms with Crippen molar-refractivity contribution in [2.75, 3.05) is 0 Å². The lowest BCUT2D eigenvalue weighted by Gasteiger charge is -2.56. The molecule has 12 bridgehead atoms. The molecule has 0 aliphatic heterocycles. The predicted molar refractivity (Wildman–Crippen MR) is 482 cm³/mol. The van der Waals surface area contributed by atoms with Gasteiger partial charge in [0, 0.05) is 4.11 Å². The fourth-order valence-corrected chi connectivity index (χ4v) is 28.5. The third-order valence-electron chi connectivity index (χ3n) is 36.3. The summed E-state index contributed by atoms with van der Waals surface area (Å²) in [5.41, 5.74) is 5.93. The van der Waals surface area contributed by atoms with Crippen molar-refractivity contribution in [3.8, 4) is 0 Å². The van der Waals surface area contributed by atoms with E-state index in [1.54, 1.807) is 161 Å². The van der Waals surface area contributed by atoms with E-state index in [1.165, 1.54) is 199 Å². The summed E-state index contributed by atoms with van der Waals surface area (Å²) < 4.78 is 21.0. The van der Waals surface area contributed by atoms with Crippen molar-refractivity contribution in [3.63, 3.8) is 0 Å². The van der Waals surface area contributed by atoms with E-state index in [0.29, 0.717) is 16.2 Å². The van der Waals surface area contributed by atoms with E-state index in [9.17, 15) is 0 Å². The van der Waals surface area contributed by atoms with Gasteiger partial charge in [-0.25, -0.2) is 0 Å². The molecule has 0 heteroatoms. The average Bonchev–Trinajstić information content (AvgIpc) is 1.37. The summed E-state index contributed by atoms with van der Waals surface area (Å²) in [5.74, 6) is 20.5. The Labute approximate surface area is 686 Å². The second kappa shape index (κ2) is 43.1. The maximum atomic E-state index is 7.05. The van der Waals surface area contributed by atoms with Gasteiger partial charge in [-0.05, 0) is 399 Å². The highest BCUT2D eigenvalue weighted by molar-refractivity contribution is 5.02. The van der Waals surface area contributed by atoms with Gasteiger partial charge in [0.05, 0.1) is 0 Å². The molecule has 3 spiro atoms. The van der Waals surface area contributed by atoms with Gasteiger partial charge in [0.2, 0.25) is 0 Å². The molecule has 0 aromatic rings. The van der Waals surface area contributed by atoms with Crippen LogP contribution in [-0.4, -0.2) is 0 Å². The molecule has 0 saturated heterocycles. The van der Waals surface area contributed by atoms with Gasteiger partial charge in [-0.1, -0.05) is 288 Å². The third kappa shape index (κ3) is 29.8. The summed E-state index contributed by atoms with van der Waals surface area (Å²) in [5, 5.41) is 0. The normalized spacial score (nSPS) is 39.9. The van der Waals surface area contributed by atoms with Gasteiger partial charge in [0.25, 0.3) is 0 Å².